The molecule has 3 amide bonds. The number of piperazine rings is 1. The van der Waals surface area contributed by atoms with Crippen LogP contribution in [0.15, 0.2) is 0 Å². The van der Waals surface area contributed by atoms with Crippen LogP contribution in [0.4, 0.5) is 4.79 Å². The fraction of sp³-hybridized carbons (Fsp3) is 0.818. The summed E-state index contributed by atoms with van der Waals surface area (Å²) >= 11 is 0. The number of nitrogens with zero attached hydrogens (tertiary/aromatic N) is 1. The monoisotopic (exact) mass is 227 g/mol. The lowest BCUT2D eigenvalue weighted by Gasteiger charge is -2.40. The first-order valence-electron chi connectivity index (χ1n) is 5.84. The molecule has 0 aromatic carbocycles. The minimum atomic E-state index is -0.755. The van der Waals surface area contributed by atoms with Crippen molar-refractivity contribution in [2.75, 3.05) is 19.6 Å². The molecule has 0 bridgehead atoms. The summed E-state index contributed by atoms with van der Waals surface area (Å²) in [5.41, 5.74) is -0.755. The van der Waals surface area contributed by atoms with Gasteiger partial charge in [-0.1, -0.05) is 13.3 Å². The van der Waals surface area contributed by atoms with Gasteiger partial charge in [0.25, 0.3) is 0 Å². The number of amides is 3. The van der Waals surface area contributed by atoms with Gasteiger partial charge in [-0.05, 0) is 20.3 Å². The van der Waals surface area contributed by atoms with Gasteiger partial charge in [-0.15, -0.1) is 0 Å². The number of nitrogens with one attached hydrogen (secondary N) is 2. The number of unbranched alkanes of at least 4 members (excludes halogenated alkanes) is 1. The van der Waals surface area contributed by atoms with Gasteiger partial charge in [0.2, 0.25) is 5.91 Å². The van der Waals surface area contributed by atoms with Crippen LogP contribution in [0.3, 0.4) is 0 Å². The van der Waals surface area contributed by atoms with E-state index in [1.165, 1.54) is 0 Å². The maximum Gasteiger partial charge on any atom is 0.318 e. The first-order valence-corrected chi connectivity index (χ1v) is 5.84. The Balaban J connectivity index is 2.56. The van der Waals surface area contributed by atoms with Gasteiger partial charge in [0, 0.05) is 19.6 Å². The average molecular weight is 227 g/mol. The van der Waals surface area contributed by atoms with Gasteiger partial charge in [0.05, 0.1) is 0 Å². The number of urea groups is 1. The number of hydrogen-bond donors (Lipinski definition) is 2. The van der Waals surface area contributed by atoms with Crippen molar-refractivity contribution < 1.29 is 9.59 Å². The lowest BCUT2D eigenvalue weighted by molar-refractivity contribution is -0.132. The molecule has 0 aromatic rings. The molecule has 0 unspecified atom stereocenters. The molecule has 0 aromatic heterocycles. The van der Waals surface area contributed by atoms with Gasteiger partial charge in [-0.3, -0.25) is 4.79 Å². The molecule has 1 rings (SSSR count). The zero-order valence-corrected chi connectivity index (χ0v) is 10.3. The Labute approximate surface area is 96.6 Å². The maximum absolute atomic E-state index is 11.9. The molecule has 0 aliphatic carbocycles. The van der Waals surface area contributed by atoms with Crippen LogP contribution in [0.1, 0.15) is 33.6 Å². The standard InChI is InChI=1S/C11H21N3O2/c1-4-5-6-13-10(16)14-8-7-12-9(15)11(14,2)3/h4-8H2,1-3H3,(H,12,15)(H,13,16). The van der Waals surface area contributed by atoms with E-state index in [9.17, 15) is 9.59 Å². The van der Waals surface area contributed by atoms with E-state index >= 15 is 0 Å². The predicted octanol–water partition coefficient (Wildman–Crippen LogP) is 0.706. The number of hydrogen-bond acceptors (Lipinski definition) is 2. The van der Waals surface area contributed by atoms with Crippen LogP contribution in [-0.4, -0.2) is 42.0 Å². The van der Waals surface area contributed by atoms with Crippen molar-refractivity contribution in [2.45, 2.75) is 39.2 Å². The Bertz CT molecular complexity index is 276. The molecule has 5 heteroatoms. The Morgan fingerprint density at radius 1 is 1.56 bits per heavy atom. The van der Waals surface area contributed by atoms with Gasteiger partial charge in [-0.25, -0.2) is 4.79 Å². The van der Waals surface area contributed by atoms with Crippen LogP contribution < -0.4 is 10.6 Å². The molecule has 2 N–H and O–H groups in total. The number of carbonyl (C=O) groups excluding carboxylic acids is 2. The molecule has 1 fully saturated rings. The van der Waals surface area contributed by atoms with Crippen LogP contribution in [-0.2, 0) is 4.79 Å². The second kappa shape index (κ2) is 5.18. The molecule has 0 atom stereocenters. The first kappa shape index (κ1) is 12.8. The molecule has 0 radical (unpaired) electrons. The average Bonchev–Trinajstić information content (AvgIpc) is 2.22. The van der Waals surface area contributed by atoms with Crippen LogP contribution in [0.5, 0.6) is 0 Å². The largest absolute Gasteiger partial charge is 0.352 e. The van der Waals surface area contributed by atoms with E-state index in [0.29, 0.717) is 19.6 Å². The zero-order valence-electron chi connectivity index (χ0n) is 10.3. The van der Waals surface area contributed by atoms with Crippen LogP contribution in [0, 0.1) is 0 Å². The summed E-state index contributed by atoms with van der Waals surface area (Å²) in [6.45, 7) is 7.37. The highest BCUT2D eigenvalue weighted by molar-refractivity contribution is 5.91. The summed E-state index contributed by atoms with van der Waals surface area (Å²) in [7, 11) is 0. The summed E-state index contributed by atoms with van der Waals surface area (Å²) in [5, 5.41) is 5.60. The van der Waals surface area contributed by atoms with E-state index in [0.717, 1.165) is 12.8 Å². The van der Waals surface area contributed by atoms with Gasteiger partial charge in [0.15, 0.2) is 0 Å². The third-order valence-electron chi connectivity index (χ3n) is 2.90. The SMILES string of the molecule is CCCCNC(=O)N1CCNC(=O)C1(C)C. The summed E-state index contributed by atoms with van der Waals surface area (Å²) in [6.07, 6.45) is 2.01. The minimum Gasteiger partial charge on any atom is -0.352 e. The molecule has 1 aliphatic rings. The number of carbonyl (C=O) groups is 2. The fourth-order valence-corrected chi connectivity index (χ4v) is 1.72. The second-order valence-corrected chi connectivity index (χ2v) is 4.55. The Morgan fingerprint density at radius 3 is 2.88 bits per heavy atom. The highest BCUT2D eigenvalue weighted by atomic mass is 16.2. The molecule has 1 saturated heterocycles. The van der Waals surface area contributed by atoms with E-state index < -0.39 is 5.54 Å². The highest BCUT2D eigenvalue weighted by Crippen LogP contribution is 2.17. The molecular formula is C11H21N3O2. The number of rotatable bonds is 3. The maximum atomic E-state index is 11.9. The van der Waals surface area contributed by atoms with Crippen molar-refractivity contribution in [3.05, 3.63) is 0 Å². The van der Waals surface area contributed by atoms with E-state index in [-0.39, 0.29) is 11.9 Å². The lowest BCUT2D eigenvalue weighted by atomic mass is 9.99. The quantitative estimate of drug-likeness (QED) is 0.697. The van der Waals surface area contributed by atoms with E-state index in [1.807, 2.05) is 0 Å². The lowest BCUT2D eigenvalue weighted by Crippen LogP contribution is -2.65. The zero-order chi connectivity index (χ0) is 12.2. The summed E-state index contributed by atoms with van der Waals surface area (Å²) in [5.74, 6) is -0.0932. The summed E-state index contributed by atoms with van der Waals surface area (Å²) < 4.78 is 0. The summed E-state index contributed by atoms with van der Waals surface area (Å²) in [4.78, 5) is 25.1. The van der Waals surface area contributed by atoms with Gasteiger partial charge in [0.1, 0.15) is 5.54 Å². The Hall–Kier alpha value is -1.26. The van der Waals surface area contributed by atoms with Gasteiger partial charge in [-0.2, -0.15) is 0 Å². The molecule has 1 aliphatic heterocycles. The van der Waals surface area contributed by atoms with Crippen molar-refractivity contribution in [1.82, 2.24) is 15.5 Å². The van der Waals surface area contributed by atoms with Crippen molar-refractivity contribution in [3.8, 4) is 0 Å². The molecular weight excluding hydrogens is 206 g/mol. The van der Waals surface area contributed by atoms with Crippen LogP contribution >= 0.6 is 0 Å². The summed E-state index contributed by atoms with van der Waals surface area (Å²) in [6, 6.07) is -0.145. The second-order valence-electron chi connectivity index (χ2n) is 4.55. The Kier molecular flexibility index (Phi) is 4.15. The Morgan fingerprint density at radius 2 is 2.25 bits per heavy atom. The van der Waals surface area contributed by atoms with Crippen molar-refractivity contribution in [3.63, 3.8) is 0 Å². The van der Waals surface area contributed by atoms with Crippen molar-refractivity contribution in [2.24, 2.45) is 0 Å². The topological polar surface area (TPSA) is 61.4 Å². The van der Waals surface area contributed by atoms with Crippen molar-refractivity contribution in [1.29, 1.82) is 0 Å². The molecule has 5 nitrogen and oxygen atoms in total. The molecule has 92 valence electrons. The molecule has 1 heterocycles. The highest BCUT2D eigenvalue weighted by Gasteiger charge is 2.40. The van der Waals surface area contributed by atoms with Gasteiger partial charge >= 0.3 is 6.03 Å². The molecule has 0 spiro atoms. The van der Waals surface area contributed by atoms with Crippen LogP contribution in [0.2, 0.25) is 0 Å². The van der Waals surface area contributed by atoms with Crippen LogP contribution in [0.25, 0.3) is 0 Å². The van der Waals surface area contributed by atoms with E-state index in [2.05, 4.69) is 17.6 Å². The van der Waals surface area contributed by atoms with Gasteiger partial charge < -0.3 is 15.5 Å². The third-order valence-corrected chi connectivity index (χ3v) is 2.90. The third kappa shape index (κ3) is 2.65. The predicted molar refractivity (Wildman–Crippen MR) is 62.1 cm³/mol. The van der Waals surface area contributed by atoms with Crippen molar-refractivity contribution >= 4 is 11.9 Å². The normalized spacial score (nSPS) is 19.2. The minimum absolute atomic E-state index is 0.0932. The fourth-order valence-electron chi connectivity index (χ4n) is 1.72. The smallest absolute Gasteiger partial charge is 0.318 e. The first-order chi connectivity index (χ1) is 7.50. The van der Waals surface area contributed by atoms with E-state index in [1.54, 1.807) is 18.7 Å². The molecule has 16 heavy (non-hydrogen) atoms. The van der Waals surface area contributed by atoms with E-state index in [4.69, 9.17) is 0 Å². The molecule has 0 saturated carbocycles.